The van der Waals surface area contributed by atoms with Crippen LogP contribution >= 0.6 is 0 Å². The molecule has 3 aliphatic rings. The molecule has 4 unspecified atom stereocenters. The van der Waals surface area contributed by atoms with Gasteiger partial charge in [-0.25, -0.2) is 0 Å². The van der Waals surface area contributed by atoms with Crippen molar-refractivity contribution in [2.75, 3.05) is 0 Å². The van der Waals surface area contributed by atoms with Gasteiger partial charge in [-0.1, -0.05) is 50.8 Å². The fourth-order valence-electron chi connectivity index (χ4n) is 4.88. The molecule has 3 rings (SSSR count). The van der Waals surface area contributed by atoms with E-state index in [0.717, 1.165) is 36.0 Å². The third-order valence-corrected chi connectivity index (χ3v) is 6.91. The number of allylic oxidation sites excluding steroid dienone is 3. The van der Waals surface area contributed by atoms with Crippen molar-refractivity contribution in [1.82, 2.24) is 0 Å². The Morgan fingerprint density at radius 1 is 1.16 bits per heavy atom. The SMILES string of the molecule is C=C1C[C@H](O)[C@@H]2OC2[C@@H]2CC(=C)[C@H](CCC(C/C=C/C)OC(=O)C(C)CC(C)/C=C/1C)O2. The number of aliphatic hydroxyl groups excluding tert-OH is 1. The first-order valence-corrected chi connectivity index (χ1v) is 12.0. The molecule has 2 saturated heterocycles. The van der Waals surface area contributed by atoms with Crippen LogP contribution in [0, 0.1) is 11.8 Å². The van der Waals surface area contributed by atoms with Crippen molar-refractivity contribution in [3.8, 4) is 0 Å². The summed E-state index contributed by atoms with van der Waals surface area (Å²) in [5, 5.41) is 10.7. The third-order valence-electron chi connectivity index (χ3n) is 6.91. The van der Waals surface area contributed by atoms with Crippen LogP contribution in [0.3, 0.4) is 0 Å². The van der Waals surface area contributed by atoms with Gasteiger partial charge in [-0.15, -0.1) is 0 Å². The largest absolute Gasteiger partial charge is 0.462 e. The molecule has 3 heterocycles. The van der Waals surface area contributed by atoms with Crippen molar-refractivity contribution in [2.24, 2.45) is 11.8 Å². The van der Waals surface area contributed by atoms with E-state index in [-0.39, 0.29) is 48.3 Å². The van der Waals surface area contributed by atoms with Crippen LogP contribution in [0.4, 0.5) is 0 Å². The summed E-state index contributed by atoms with van der Waals surface area (Å²) in [5.74, 6) is -0.134. The van der Waals surface area contributed by atoms with Crippen LogP contribution in [0.2, 0.25) is 0 Å². The molecule has 0 saturated carbocycles. The van der Waals surface area contributed by atoms with E-state index < -0.39 is 6.10 Å². The average Bonchev–Trinajstić information content (AvgIpc) is 3.45. The maximum absolute atomic E-state index is 12.8. The lowest BCUT2D eigenvalue weighted by atomic mass is 9.92. The van der Waals surface area contributed by atoms with Gasteiger partial charge in [-0.05, 0) is 56.6 Å². The zero-order valence-corrected chi connectivity index (χ0v) is 20.1. The number of epoxide rings is 1. The summed E-state index contributed by atoms with van der Waals surface area (Å²) in [6.07, 6.45) is 9.06. The second-order valence-corrected chi connectivity index (χ2v) is 9.87. The molecule has 0 aromatic rings. The number of fused-ring (bicyclic) bond motifs is 4. The lowest BCUT2D eigenvalue weighted by Gasteiger charge is -2.22. The number of carbonyl (C=O) groups excluding carboxylic acids is 1. The van der Waals surface area contributed by atoms with E-state index in [1.54, 1.807) is 0 Å². The van der Waals surface area contributed by atoms with E-state index in [1.165, 1.54) is 0 Å². The monoisotopic (exact) mass is 444 g/mol. The van der Waals surface area contributed by atoms with E-state index in [0.29, 0.717) is 19.3 Å². The van der Waals surface area contributed by atoms with E-state index >= 15 is 0 Å². The molecule has 2 fully saturated rings. The highest BCUT2D eigenvalue weighted by atomic mass is 16.6. The molecule has 0 amide bonds. The Labute approximate surface area is 193 Å². The first-order valence-electron chi connectivity index (χ1n) is 12.0. The van der Waals surface area contributed by atoms with Gasteiger partial charge in [0.2, 0.25) is 0 Å². The number of hydrogen-bond donors (Lipinski definition) is 1. The Hall–Kier alpha value is -1.69. The second kappa shape index (κ2) is 11.0. The van der Waals surface area contributed by atoms with Crippen molar-refractivity contribution < 1.29 is 24.1 Å². The molecule has 0 aromatic carbocycles. The smallest absolute Gasteiger partial charge is 0.308 e. The predicted octanol–water partition coefficient (Wildman–Crippen LogP) is 5.06. The Morgan fingerprint density at radius 2 is 1.91 bits per heavy atom. The van der Waals surface area contributed by atoms with Crippen molar-refractivity contribution in [3.05, 3.63) is 48.1 Å². The highest BCUT2D eigenvalue weighted by Crippen LogP contribution is 2.40. The molecule has 1 N–H and O–H groups in total. The molecule has 5 nitrogen and oxygen atoms in total. The third kappa shape index (κ3) is 6.43. The van der Waals surface area contributed by atoms with Crippen molar-refractivity contribution in [3.63, 3.8) is 0 Å². The van der Waals surface area contributed by atoms with Crippen LogP contribution in [0.15, 0.2) is 48.1 Å². The molecule has 3 aliphatic heterocycles. The highest BCUT2D eigenvalue weighted by Gasteiger charge is 2.52. The van der Waals surface area contributed by atoms with Crippen molar-refractivity contribution in [2.45, 2.75) is 103 Å². The molecule has 0 aliphatic carbocycles. The summed E-state index contributed by atoms with van der Waals surface area (Å²) < 4.78 is 18.0. The quantitative estimate of drug-likeness (QED) is 0.366. The molecule has 0 aromatic heterocycles. The molecule has 32 heavy (non-hydrogen) atoms. The van der Waals surface area contributed by atoms with Crippen LogP contribution in [0.5, 0.6) is 0 Å². The van der Waals surface area contributed by atoms with Gasteiger partial charge < -0.3 is 19.3 Å². The summed E-state index contributed by atoms with van der Waals surface area (Å²) in [6.45, 7) is 16.4. The summed E-state index contributed by atoms with van der Waals surface area (Å²) in [6, 6.07) is 0. The number of ether oxygens (including phenoxy) is 3. The van der Waals surface area contributed by atoms with E-state index in [4.69, 9.17) is 14.2 Å². The normalized spacial score (nSPS) is 41.4. The predicted molar refractivity (Wildman–Crippen MR) is 126 cm³/mol. The lowest BCUT2D eigenvalue weighted by Crippen LogP contribution is -2.26. The van der Waals surface area contributed by atoms with Crippen molar-refractivity contribution >= 4 is 5.97 Å². The number of carbonyl (C=O) groups is 1. The first kappa shape index (κ1) is 24.9. The summed E-state index contributed by atoms with van der Waals surface area (Å²) in [7, 11) is 0. The number of cyclic esters (lactones) is 1. The zero-order valence-electron chi connectivity index (χ0n) is 20.1. The van der Waals surface area contributed by atoms with Crippen LogP contribution < -0.4 is 0 Å². The van der Waals surface area contributed by atoms with Gasteiger partial charge in [0.05, 0.1) is 24.2 Å². The summed E-state index contributed by atoms with van der Waals surface area (Å²) in [4.78, 5) is 12.8. The van der Waals surface area contributed by atoms with Crippen LogP contribution in [-0.4, -0.2) is 47.7 Å². The summed E-state index contributed by atoms with van der Waals surface area (Å²) in [5.41, 5.74) is 3.00. The molecular weight excluding hydrogens is 404 g/mol. The fourth-order valence-corrected chi connectivity index (χ4v) is 4.88. The van der Waals surface area contributed by atoms with Gasteiger partial charge in [0, 0.05) is 12.8 Å². The standard InChI is InChI=1S/C27H40O5/c1-7-8-9-21-10-11-23-19(5)15-24(31-23)26-25(32-26)22(28)14-18(4)17(3)12-16(2)13-20(6)27(29)30-21/h7-8,12,16,20-26,28H,4-5,9-11,13-15H2,1-3,6H3/b8-7+,17-12+/t16?,20?,21?,22-,23-,24-,25-,26?/m0/s1. The zero-order chi connectivity index (χ0) is 23.4. The number of hydrogen-bond acceptors (Lipinski definition) is 5. The van der Waals surface area contributed by atoms with Gasteiger partial charge >= 0.3 is 5.97 Å². The minimum Gasteiger partial charge on any atom is -0.462 e. The molecule has 0 radical (unpaired) electrons. The molecular formula is C27H40O5. The van der Waals surface area contributed by atoms with Gasteiger partial charge in [-0.2, -0.15) is 0 Å². The molecule has 5 heteroatoms. The minimum atomic E-state index is -0.597. The highest BCUT2D eigenvalue weighted by molar-refractivity contribution is 5.72. The molecule has 178 valence electrons. The van der Waals surface area contributed by atoms with Gasteiger partial charge in [-0.3, -0.25) is 4.79 Å². The number of aliphatic hydroxyl groups is 1. The van der Waals surface area contributed by atoms with E-state index in [2.05, 4.69) is 26.2 Å². The maximum atomic E-state index is 12.8. The summed E-state index contributed by atoms with van der Waals surface area (Å²) >= 11 is 0. The lowest BCUT2D eigenvalue weighted by molar-refractivity contribution is -0.154. The van der Waals surface area contributed by atoms with Gasteiger partial charge in [0.15, 0.2) is 0 Å². The van der Waals surface area contributed by atoms with Gasteiger partial charge in [0.25, 0.3) is 0 Å². The van der Waals surface area contributed by atoms with Crippen LogP contribution in [0.25, 0.3) is 0 Å². The molecule has 8 atom stereocenters. The fraction of sp³-hybridized carbons (Fsp3) is 0.667. The number of esters is 1. The van der Waals surface area contributed by atoms with E-state index in [1.807, 2.05) is 32.9 Å². The van der Waals surface area contributed by atoms with Crippen LogP contribution in [0.1, 0.15) is 66.2 Å². The van der Waals surface area contributed by atoms with E-state index in [9.17, 15) is 9.90 Å². The Morgan fingerprint density at radius 3 is 2.62 bits per heavy atom. The minimum absolute atomic E-state index is 0.0646. The molecule has 2 bridgehead atoms. The number of rotatable bonds is 2. The second-order valence-electron chi connectivity index (χ2n) is 9.87. The first-order chi connectivity index (χ1) is 15.2. The van der Waals surface area contributed by atoms with Crippen molar-refractivity contribution in [1.29, 1.82) is 0 Å². The Bertz CT molecular complexity index is 766. The van der Waals surface area contributed by atoms with Gasteiger partial charge in [0.1, 0.15) is 18.3 Å². The maximum Gasteiger partial charge on any atom is 0.308 e. The van der Waals surface area contributed by atoms with Crippen LogP contribution in [-0.2, 0) is 19.0 Å². The Balaban J connectivity index is 1.77. The average molecular weight is 445 g/mol. The molecule has 0 spiro atoms. The Kier molecular flexibility index (Phi) is 8.54. The topological polar surface area (TPSA) is 68.3 Å².